The van der Waals surface area contributed by atoms with Crippen LogP contribution in [-0.4, -0.2) is 48.4 Å². The highest BCUT2D eigenvalue weighted by atomic mass is 19.3. The lowest BCUT2D eigenvalue weighted by Crippen LogP contribution is -2.59. The van der Waals surface area contributed by atoms with Gasteiger partial charge in [0.15, 0.2) is 0 Å². The van der Waals surface area contributed by atoms with E-state index >= 15 is 0 Å². The number of hydrogen-bond acceptors (Lipinski definition) is 4. The second-order valence-corrected chi connectivity index (χ2v) is 8.79. The maximum Gasteiger partial charge on any atom is 0.329 e. The fourth-order valence-corrected chi connectivity index (χ4v) is 4.67. The van der Waals surface area contributed by atoms with E-state index in [2.05, 4.69) is 0 Å². The van der Waals surface area contributed by atoms with E-state index in [4.69, 9.17) is 10.5 Å². The van der Waals surface area contributed by atoms with E-state index in [9.17, 15) is 18.4 Å². The zero-order valence-electron chi connectivity index (χ0n) is 15.4. The monoisotopic (exact) mass is 346 g/mol. The van der Waals surface area contributed by atoms with Crippen molar-refractivity contribution < 1.29 is 23.1 Å². The third-order valence-corrected chi connectivity index (χ3v) is 6.16. The Kier molecular flexibility index (Phi) is 4.08. The molecule has 138 valence electrons. The van der Waals surface area contributed by atoms with Crippen LogP contribution in [0.1, 0.15) is 41.5 Å². The van der Waals surface area contributed by atoms with Gasteiger partial charge in [-0.25, -0.2) is 13.6 Å². The van der Waals surface area contributed by atoms with E-state index < -0.39 is 52.0 Å². The van der Waals surface area contributed by atoms with Crippen LogP contribution in [0.4, 0.5) is 8.78 Å². The highest BCUT2D eigenvalue weighted by molar-refractivity contribution is 5.90. The first-order valence-corrected chi connectivity index (χ1v) is 8.17. The van der Waals surface area contributed by atoms with Gasteiger partial charge in [-0.2, -0.15) is 0 Å². The van der Waals surface area contributed by atoms with Gasteiger partial charge in [0, 0.05) is 13.5 Å². The Morgan fingerprint density at radius 1 is 1.25 bits per heavy atom. The number of ether oxygens (including phenoxy) is 1. The molecule has 0 spiro atoms. The fourth-order valence-electron chi connectivity index (χ4n) is 4.67. The zero-order valence-corrected chi connectivity index (χ0v) is 15.4. The summed E-state index contributed by atoms with van der Waals surface area (Å²) in [7, 11) is 1.15. The molecule has 0 aromatic rings. The molecular formula is C17H28F2N2O3. The summed E-state index contributed by atoms with van der Waals surface area (Å²) in [6.07, 6.45) is 0. The summed E-state index contributed by atoms with van der Waals surface area (Å²) in [4.78, 5) is 26.4. The van der Waals surface area contributed by atoms with Crippen molar-refractivity contribution in [3.8, 4) is 0 Å². The van der Waals surface area contributed by atoms with Gasteiger partial charge >= 0.3 is 5.97 Å². The Bertz CT molecular complexity index is 553. The van der Waals surface area contributed by atoms with Crippen molar-refractivity contribution in [3.05, 3.63) is 0 Å². The number of piperidine rings is 1. The Hall–Kier alpha value is -1.24. The molecule has 0 radical (unpaired) electrons. The van der Waals surface area contributed by atoms with Gasteiger partial charge < -0.3 is 15.4 Å². The van der Waals surface area contributed by atoms with Crippen LogP contribution in [0.5, 0.6) is 0 Å². The van der Waals surface area contributed by atoms with E-state index in [-0.39, 0.29) is 6.54 Å². The number of carbonyl (C=O) groups excluding carboxylic acids is 2. The van der Waals surface area contributed by atoms with Crippen LogP contribution in [0.2, 0.25) is 0 Å². The first-order chi connectivity index (χ1) is 10.7. The maximum atomic E-state index is 14.6. The van der Waals surface area contributed by atoms with Gasteiger partial charge in [0.05, 0.1) is 18.6 Å². The maximum absolute atomic E-state index is 14.6. The molecular weight excluding hydrogens is 318 g/mol. The molecule has 0 bridgehead atoms. The molecule has 2 N–H and O–H groups in total. The normalized spacial score (nSPS) is 33.0. The second-order valence-electron chi connectivity index (χ2n) is 8.79. The summed E-state index contributed by atoms with van der Waals surface area (Å²) in [6, 6.07) is -2.20. The van der Waals surface area contributed by atoms with Crippen molar-refractivity contribution in [2.75, 3.05) is 13.7 Å². The predicted molar refractivity (Wildman–Crippen MR) is 85.3 cm³/mol. The van der Waals surface area contributed by atoms with Gasteiger partial charge in [-0.1, -0.05) is 34.6 Å². The van der Waals surface area contributed by atoms with Gasteiger partial charge in [-0.3, -0.25) is 4.79 Å². The lowest BCUT2D eigenvalue weighted by molar-refractivity contribution is -0.166. The first kappa shape index (κ1) is 19.1. The van der Waals surface area contributed by atoms with Crippen molar-refractivity contribution in [3.63, 3.8) is 0 Å². The summed E-state index contributed by atoms with van der Waals surface area (Å²) in [5.41, 5.74) is 3.12. The number of halogens is 2. The molecule has 1 saturated heterocycles. The van der Waals surface area contributed by atoms with Gasteiger partial charge in [0.25, 0.3) is 5.92 Å². The fraction of sp³-hybridized carbons (Fsp3) is 0.882. The third-order valence-electron chi connectivity index (χ3n) is 6.16. The van der Waals surface area contributed by atoms with Gasteiger partial charge in [-0.15, -0.1) is 0 Å². The molecule has 1 saturated carbocycles. The van der Waals surface area contributed by atoms with Gasteiger partial charge in [-0.05, 0) is 16.7 Å². The number of nitrogens with two attached hydrogens (primary N) is 1. The molecule has 1 aliphatic heterocycles. The first-order valence-electron chi connectivity index (χ1n) is 8.17. The Labute approximate surface area is 141 Å². The molecule has 24 heavy (non-hydrogen) atoms. The Morgan fingerprint density at radius 2 is 1.75 bits per heavy atom. The minimum atomic E-state index is -3.12. The van der Waals surface area contributed by atoms with Crippen molar-refractivity contribution in [2.45, 2.75) is 59.5 Å². The predicted octanol–water partition coefficient (Wildman–Crippen LogP) is 2.04. The third kappa shape index (κ3) is 2.20. The van der Waals surface area contributed by atoms with Gasteiger partial charge in [0.1, 0.15) is 6.04 Å². The minimum absolute atomic E-state index is 0.0960. The Balaban J connectivity index is 2.48. The number of esters is 1. The molecule has 1 aliphatic carbocycles. The van der Waals surface area contributed by atoms with E-state index in [0.29, 0.717) is 0 Å². The van der Waals surface area contributed by atoms with E-state index in [1.54, 1.807) is 34.6 Å². The highest BCUT2D eigenvalue weighted by Gasteiger charge is 2.88. The van der Waals surface area contributed by atoms with Crippen LogP contribution in [0.25, 0.3) is 0 Å². The highest BCUT2D eigenvalue weighted by Crippen LogP contribution is 2.80. The molecule has 2 rings (SSSR count). The summed E-state index contributed by atoms with van der Waals surface area (Å²) in [6.45, 7) is 9.75. The molecule has 4 atom stereocenters. The number of fused-ring (bicyclic) bond motifs is 1. The number of hydrogen-bond donors (Lipinski definition) is 1. The summed E-state index contributed by atoms with van der Waals surface area (Å²) in [5.74, 6) is -4.88. The van der Waals surface area contributed by atoms with E-state index in [0.717, 1.165) is 14.0 Å². The standard InChI is InChI=1S/C17H28F2N2O3/c1-14(2,3)10(20)12(22)21-8-9-15(4,5)17(9,16(6,18)19)11(21)13(23)24-7/h9-11H,8,20H2,1-7H3/t9?,10-,11?,17?/m1/s1. The molecule has 0 aromatic heterocycles. The number of alkyl halides is 2. The van der Waals surface area contributed by atoms with Crippen LogP contribution in [0.15, 0.2) is 0 Å². The number of carbonyl (C=O) groups is 2. The smallest absolute Gasteiger partial charge is 0.329 e. The molecule has 7 heteroatoms. The number of nitrogens with zero attached hydrogens (tertiary/aromatic N) is 1. The number of rotatable bonds is 3. The molecule has 1 heterocycles. The van der Waals surface area contributed by atoms with Crippen LogP contribution in [-0.2, 0) is 14.3 Å². The topological polar surface area (TPSA) is 72.6 Å². The van der Waals surface area contributed by atoms with Crippen molar-refractivity contribution in [1.82, 2.24) is 4.90 Å². The molecule has 2 fully saturated rings. The van der Waals surface area contributed by atoms with Crippen LogP contribution < -0.4 is 5.73 Å². The van der Waals surface area contributed by atoms with Crippen LogP contribution >= 0.6 is 0 Å². The largest absolute Gasteiger partial charge is 0.467 e. The minimum Gasteiger partial charge on any atom is -0.467 e. The number of methoxy groups -OCH3 is 1. The lowest BCUT2D eigenvalue weighted by atomic mass is 9.81. The van der Waals surface area contributed by atoms with Crippen molar-refractivity contribution in [2.24, 2.45) is 27.9 Å². The molecule has 2 aliphatic rings. The average molecular weight is 346 g/mol. The lowest BCUT2D eigenvalue weighted by Gasteiger charge is -2.39. The summed E-state index contributed by atoms with van der Waals surface area (Å²) < 4.78 is 34.0. The van der Waals surface area contributed by atoms with Crippen LogP contribution in [0, 0.1) is 22.2 Å². The van der Waals surface area contributed by atoms with E-state index in [1.165, 1.54) is 4.90 Å². The molecule has 3 unspecified atom stereocenters. The SMILES string of the molecule is COC(=O)C1N(C(=O)[C@@H](N)C(C)(C)C)CC2C(C)(C)C12C(C)(F)F. The quantitative estimate of drug-likeness (QED) is 0.794. The van der Waals surface area contributed by atoms with Gasteiger partial charge in [0.2, 0.25) is 5.91 Å². The Morgan fingerprint density at radius 3 is 2.12 bits per heavy atom. The van der Waals surface area contributed by atoms with Crippen molar-refractivity contribution >= 4 is 11.9 Å². The molecule has 1 amide bonds. The summed E-state index contributed by atoms with van der Waals surface area (Å²) in [5, 5.41) is 0. The number of likely N-dealkylation sites (tertiary alicyclic amines) is 1. The second kappa shape index (κ2) is 5.13. The summed E-state index contributed by atoms with van der Waals surface area (Å²) >= 11 is 0. The molecule has 5 nitrogen and oxygen atoms in total. The van der Waals surface area contributed by atoms with Crippen molar-refractivity contribution in [1.29, 1.82) is 0 Å². The zero-order chi connectivity index (χ0) is 18.9. The molecule has 0 aromatic carbocycles. The average Bonchev–Trinajstić information content (AvgIpc) is 2.79. The van der Waals surface area contributed by atoms with E-state index in [1.807, 2.05) is 0 Å². The number of amides is 1. The van der Waals surface area contributed by atoms with Crippen LogP contribution in [0.3, 0.4) is 0 Å².